The van der Waals surface area contributed by atoms with Gasteiger partial charge in [-0.1, -0.05) is 127 Å². The first kappa shape index (κ1) is 29.3. The molecule has 0 aromatic heterocycles. The molecule has 0 bridgehead atoms. The Bertz CT molecular complexity index is 637. The first-order valence-electron chi connectivity index (χ1n) is 13.2. The van der Waals surface area contributed by atoms with Gasteiger partial charge in [-0.2, -0.15) is 0 Å². The third-order valence-electron chi connectivity index (χ3n) is 6.26. The van der Waals surface area contributed by atoms with Crippen LogP contribution in [-0.4, -0.2) is 29.6 Å². The van der Waals surface area contributed by atoms with Crippen molar-refractivity contribution >= 4 is 29.6 Å². The van der Waals surface area contributed by atoms with E-state index in [1.807, 2.05) is 0 Å². The molecule has 0 amide bonds. The Hall–Kier alpha value is -0.760. The standard InChI is InChI=1S/C30H46O.Na/c1-3-5-7-9-11-13-15-21-27-23-17-19-25-29(27)31-30-26-20-18-24-28(30)22-16-14-12-10-8-6-4-2;/h17-20,23-26H,3-16,21-22H2,1-2H3;. The normalized spacial score (nSPS) is 10.7. The van der Waals surface area contributed by atoms with Crippen molar-refractivity contribution in [1.29, 1.82) is 0 Å². The van der Waals surface area contributed by atoms with E-state index in [2.05, 4.69) is 62.4 Å². The molecule has 0 atom stereocenters. The van der Waals surface area contributed by atoms with Gasteiger partial charge < -0.3 is 4.74 Å². The molecule has 0 heterocycles. The van der Waals surface area contributed by atoms with Gasteiger partial charge in [-0.05, 0) is 48.9 Å². The second-order valence-corrected chi connectivity index (χ2v) is 9.06. The second kappa shape index (κ2) is 19.7. The van der Waals surface area contributed by atoms with Crippen LogP contribution in [0, 0.1) is 0 Å². The summed E-state index contributed by atoms with van der Waals surface area (Å²) in [5.41, 5.74) is 2.70. The summed E-state index contributed by atoms with van der Waals surface area (Å²) in [6.07, 6.45) is 21.1. The number of hydrogen-bond acceptors (Lipinski definition) is 1. The van der Waals surface area contributed by atoms with Gasteiger partial charge >= 0.3 is 0 Å². The molecule has 32 heavy (non-hydrogen) atoms. The van der Waals surface area contributed by atoms with Gasteiger partial charge in [0.25, 0.3) is 0 Å². The zero-order chi connectivity index (χ0) is 22.0. The van der Waals surface area contributed by atoms with Crippen LogP contribution in [0.15, 0.2) is 48.5 Å². The number of unbranched alkanes of at least 4 members (excludes halogenated alkanes) is 12. The maximum Gasteiger partial charge on any atom is 0.130 e. The maximum atomic E-state index is 6.46. The quantitative estimate of drug-likeness (QED) is 0.164. The molecule has 0 saturated heterocycles. The molecule has 0 aliphatic rings. The zero-order valence-electron chi connectivity index (χ0n) is 21.3. The van der Waals surface area contributed by atoms with Crippen LogP contribution in [-0.2, 0) is 12.8 Å². The van der Waals surface area contributed by atoms with E-state index < -0.39 is 0 Å². The van der Waals surface area contributed by atoms with Crippen molar-refractivity contribution in [3.63, 3.8) is 0 Å². The van der Waals surface area contributed by atoms with E-state index in [9.17, 15) is 0 Å². The molecular formula is C30H46NaO. The average Bonchev–Trinajstić information content (AvgIpc) is 2.80. The fourth-order valence-corrected chi connectivity index (χ4v) is 4.28. The predicted octanol–water partition coefficient (Wildman–Crippen LogP) is 9.68. The van der Waals surface area contributed by atoms with E-state index in [0.29, 0.717) is 0 Å². The number of aryl methyl sites for hydroxylation is 2. The summed E-state index contributed by atoms with van der Waals surface area (Å²) in [4.78, 5) is 0. The van der Waals surface area contributed by atoms with Crippen LogP contribution in [0.5, 0.6) is 11.5 Å². The van der Waals surface area contributed by atoms with E-state index in [1.54, 1.807) is 0 Å². The van der Waals surface area contributed by atoms with Crippen LogP contribution in [0.3, 0.4) is 0 Å². The molecule has 0 saturated carbocycles. The van der Waals surface area contributed by atoms with Crippen LogP contribution in [0.4, 0.5) is 0 Å². The minimum atomic E-state index is 0. The molecular weight excluding hydrogens is 399 g/mol. The summed E-state index contributed by atoms with van der Waals surface area (Å²) in [6, 6.07) is 17.3. The topological polar surface area (TPSA) is 9.23 Å². The molecule has 1 nitrogen and oxygen atoms in total. The van der Waals surface area contributed by atoms with Crippen molar-refractivity contribution in [2.75, 3.05) is 0 Å². The Morgan fingerprint density at radius 2 is 0.812 bits per heavy atom. The fourth-order valence-electron chi connectivity index (χ4n) is 4.28. The van der Waals surface area contributed by atoms with E-state index in [1.165, 1.54) is 101 Å². The molecule has 0 aliphatic heterocycles. The third-order valence-corrected chi connectivity index (χ3v) is 6.26. The van der Waals surface area contributed by atoms with Crippen molar-refractivity contribution in [3.8, 4) is 11.5 Å². The van der Waals surface area contributed by atoms with Crippen LogP contribution in [0.1, 0.15) is 115 Å². The van der Waals surface area contributed by atoms with E-state index in [-0.39, 0.29) is 29.6 Å². The van der Waals surface area contributed by atoms with Crippen molar-refractivity contribution in [3.05, 3.63) is 59.7 Å². The average molecular weight is 446 g/mol. The summed E-state index contributed by atoms with van der Waals surface area (Å²) in [5, 5.41) is 0. The minimum Gasteiger partial charge on any atom is -0.457 e. The molecule has 0 fully saturated rings. The van der Waals surface area contributed by atoms with Crippen molar-refractivity contribution in [2.24, 2.45) is 0 Å². The van der Waals surface area contributed by atoms with Gasteiger partial charge in [-0.15, -0.1) is 0 Å². The van der Waals surface area contributed by atoms with Crippen LogP contribution in [0.25, 0.3) is 0 Å². The van der Waals surface area contributed by atoms with Crippen LogP contribution >= 0.6 is 0 Å². The van der Waals surface area contributed by atoms with E-state index in [0.717, 1.165) is 24.3 Å². The number of rotatable bonds is 18. The molecule has 2 rings (SSSR count). The number of ether oxygens (including phenoxy) is 1. The van der Waals surface area contributed by atoms with Gasteiger partial charge in [-0.3, -0.25) is 0 Å². The van der Waals surface area contributed by atoms with Crippen molar-refractivity contribution < 1.29 is 4.74 Å². The SMILES string of the molecule is CCCCCCCCCc1ccccc1Oc1ccccc1CCCCCCCCC.[Na]. The molecule has 0 N–H and O–H groups in total. The van der Waals surface area contributed by atoms with Gasteiger partial charge in [0, 0.05) is 29.6 Å². The summed E-state index contributed by atoms with van der Waals surface area (Å²) >= 11 is 0. The largest absolute Gasteiger partial charge is 0.457 e. The van der Waals surface area contributed by atoms with Crippen molar-refractivity contribution in [2.45, 2.75) is 117 Å². The van der Waals surface area contributed by atoms with Gasteiger partial charge in [-0.25, -0.2) is 0 Å². The number of para-hydroxylation sites is 2. The summed E-state index contributed by atoms with van der Waals surface area (Å²) in [6.45, 7) is 4.56. The Morgan fingerprint density at radius 1 is 0.469 bits per heavy atom. The Morgan fingerprint density at radius 3 is 1.22 bits per heavy atom. The minimum absolute atomic E-state index is 0. The van der Waals surface area contributed by atoms with Crippen molar-refractivity contribution in [1.82, 2.24) is 0 Å². The molecule has 0 aliphatic carbocycles. The maximum absolute atomic E-state index is 6.46. The third kappa shape index (κ3) is 12.5. The van der Waals surface area contributed by atoms with Crippen LogP contribution < -0.4 is 4.74 Å². The van der Waals surface area contributed by atoms with E-state index >= 15 is 0 Å². The Kier molecular flexibility index (Phi) is 18.0. The van der Waals surface area contributed by atoms with Crippen LogP contribution in [0.2, 0.25) is 0 Å². The number of hydrogen-bond donors (Lipinski definition) is 0. The van der Waals surface area contributed by atoms with Gasteiger partial charge in [0.2, 0.25) is 0 Å². The first-order valence-corrected chi connectivity index (χ1v) is 13.2. The van der Waals surface area contributed by atoms with E-state index in [4.69, 9.17) is 4.74 Å². The molecule has 1 radical (unpaired) electrons. The molecule has 173 valence electrons. The second-order valence-electron chi connectivity index (χ2n) is 9.06. The fraction of sp³-hybridized carbons (Fsp3) is 0.600. The Balaban J connectivity index is 0.00000512. The smallest absolute Gasteiger partial charge is 0.130 e. The molecule has 0 spiro atoms. The summed E-state index contributed by atoms with van der Waals surface area (Å²) < 4.78 is 6.46. The van der Waals surface area contributed by atoms with Gasteiger partial charge in [0.15, 0.2) is 0 Å². The van der Waals surface area contributed by atoms with Gasteiger partial charge in [0.1, 0.15) is 11.5 Å². The molecule has 2 aromatic carbocycles. The predicted molar refractivity (Wildman–Crippen MR) is 142 cm³/mol. The molecule has 2 heteroatoms. The Labute approximate surface area is 221 Å². The van der Waals surface area contributed by atoms with Gasteiger partial charge in [0.05, 0.1) is 0 Å². The molecule has 2 aromatic rings. The molecule has 0 unspecified atom stereocenters. The summed E-state index contributed by atoms with van der Waals surface area (Å²) in [7, 11) is 0. The summed E-state index contributed by atoms with van der Waals surface area (Å²) in [5.74, 6) is 2.08. The first-order chi connectivity index (χ1) is 15.3. The zero-order valence-corrected chi connectivity index (χ0v) is 23.3. The number of benzene rings is 2. The monoisotopic (exact) mass is 445 g/mol.